The number of rotatable bonds is 5. The van der Waals surface area contributed by atoms with Gasteiger partial charge in [-0.2, -0.15) is 0 Å². The summed E-state index contributed by atoms with van der Waals surface area (Å²) < 4.78 is 28.6. The van der Waals surface area contributed by atoms with Gasteiger partial charge in [0.1, 0.15) is 12.4 Å². The lowest BCUT2D eigenvalue weighted by Gasteiger charge is -2.15. The van der Waals surface area contributed by atoms with Gasteiger partial charge < -0.3 is 4.74 Å². The first-order valence-corrected chi connectivity index (χ1v) is 9.16. The Balaban J connectivity index is 1.93. The van der Waals surface area contributed by atoms with E-state index in [1.165, 1.54) is 25.0 Å². The van der Waals surface area contributed by atoms with Crippen molar-refractivity contribution in [1.29, 1.82) is 0 Å². The number of benzene rings is 1. The first kappa shape index (κ1) is 15.1. The molecule has 106 valence electrons. The number of ether oxygens (including phenoxy) is 1. The molecule has 0 bridgehead atoms. The standard InChI is InChI=1S/C12H15BrClNO3S/c13-11-9-10(19(14,16)17)3-4-12(11)18-8-7-15-5-1-2-6-15/h3-4,9H,1-2,5-8H2. The molecular weight excluding hydrogens is 354 g/mol. The summed E-state index contributed by atoms with van der Waals surface area (Å²) in [6.07, 6.45) is 2.51. The molecule has 0 spiro atoms. The van der Waals surface area contributed by atoms with E-state index >= 15 is 0 Å². The zero-order valence-electron chi connectivity index (χ0n) is 10.3. The fraction of sp³-hybridized carbons (Fsp3) is 0.500. The maximum Gasteiger partial charge on any atom is 0.261 e. The van der Waals surface area contributed by atoms with Gasteiger partial charge in [0.15, 0.2) is 0 Å². The van der Waals surface area contributed by atoms with Crippen LogP contribution in [-0.4, -0.2) is 39.6 Å². The van der Waals surface area contributed by atoms with Crippen molar-refractivity contribution in [2.24, 2.45) is 0 Å². The summed E-state index contributed by atoms with van der Waals surface area (Å²) in [5, 5.41) is 0. The van der Waals surface area contributed by atoms with Crippen LogP contribution in [0.5, 0.6) is 5.75 Å². The van der Waals surface area contributed by atoms with Crippen molar-refractivity contribution in [3.63, 3.8) is 0 Å². The maximum atomic E-state index is 11.2. The Labute approximate surface area is 126 Å². The van der Waals surface area contributed by atoms with Crippen LogP contribution >= 0.6 is 26.6 Å². The largest absolute Gasteiger partial charge is 0.491 e. The van der Waals surface area contributed by atoms with Gasteiger partial charge in [0, 0.05) is 17.2 Å². The minimum absolute atomic E-state index is 0.0629. The van der Waals surface area contributed by atoms with E-state index in [0.29, 0.717) is 16.8 Å². The van der Waals surface area contributed by atoms with Gasteiger partial charge in [0.25, 0.3) is 9.05 Å². The van der Waals surface area contributed by atoms with E-state index < -0.39 is 9.05 Å². The number of hydrogen-bond acceptors (Lipinski definition) is 4. The van der Waals surface area contributed by atoms with E-state index in [2.05, 4.69) is 20.8 Å². The molecule has 0 amide bonds. The Morgan fingerprint density at radius 3 is 2.58 bits per heavy atom. The van der Waals surface area contributed by atoms with Crippen molar-refractivity contribution in [2.75, 3.05) is 26.2 Å². The van der Waals surface area contributed by atoms with Gasteiger partial charge in [-0.15, -0.1) is 0 Å². The van der Waals surface area contributed by atoms with Crippen molar-refractivity contribution in [1.82, 2.24) is 4.90 Å². The second-order valence-electron chi connectivity index (χ2n) is 4.43. The Morgan fingerprint density at radius 1 is 1.32 bits per heavy atom. The van der Waals surface area contributed by atoms with Crippen molar-refractivity contribution < 1.29 is 13.2 Å². The fourth-order valence-corrected chi connectivity index (χ4v) is 3.46. The first-order chi connectivity index (χ1) is 8.97. The van der Waals surface area contributed by atoms with Crippen LogP contribution in [0.25, 0.3) is 0 Å². The predicted octanol–water partition coefficient (Wildman–Crippen LogP) is 2.85. The van der Waals surface area contributed by atoms with Crippen LogP contribution in [0.15, 0.2) is 27.6 Å². The molecular formula is C12H15BrClNO3S. The molecule has 1 heterocycles. The molecule has 0 saturated carbocycles. The molecule has 4 nitrogen and oxygen atoms in total. The number of hydrogen-bond donors (Lipinski definition) is 0. The Morgan fingerprint density at radius 2 is 2.00 bits per heavy atom. The van der Waals surface area contributed by atoms with Gasteiger partial charge in [-0.1, -0.05) is 0 Å². The number of halogens is 2. The quantitative estimate of drug-likeness (QED) is 0.750. The topological polar surface area (TPSA) is 46.6 Å². The molecule has 1 aromatic carbocycles. The zero-order chi connectivity index (χ0) is 13.9. The Hall–Kier alpha value is -0.300. The van der Waals surface area contributed by atoms with Gasteiger partial charge in [0.2, 0.25) is 0 Å². The van der Waals surface area contributed by atoms with E-state index in [0.717, 1.165) is 19.6 Å². The minimum atomic E-state index is -3.70. The third-order valence-corrected chi connectivity index (χ3v) is 5.02. The van der Waals surface area contributed by atoms with Crippen LogP contribution < -0.4 is 4.74 Å². The minimum Gasteiger partial charge on any atom is -0.491 e. The lowest BCUT2D eigenvalue weighted by Crippen LogP contribution is -2.25. The first-order valence-electron chi connectivity index (χ1n) is 6.06. The predicted molar refractivity (Wildman–Crippen MR) is 78.3 cm³/mol. The normalized spacial score (nSPS) is 16.7. The molecule has 0 aliphatic carbocycles. The van der Waals surface area contributed by atoms with E-state index in [4.69, 9.17) is 15.4 Å². The molecule has 7 heteroatoms. The highest BCUT2D eigenvalue weighted by atomic mass is 79.9. The average Bonchev–Trinajstić information content (AvgIpc) is 2.83. The summed E-state index contributed by atoms with van der Waals surface area (Å²) in [5.74, 6) is 0.628. The molecule has 1 aromatic rings. The van der Waals surface area contributed by atoms with E-state index in [-0.39, 0.29) is 4.90 Å². The summed E-state index contributed by atoms with van der Waals surface area (Å²) in [7, 11) is 1.58. The molecule has 1 aliphatic heterocycles. The summed E-state index contributed by atoms with van der Waals surface area (Å²) in [5.41, 5.74) is 0. The van der Waals surface area contributed by atoms with Crippen LogP contribution in [0.4, 0.5) is 0 Å². The molecule has 0 unspecified atom stereocenters. The van der Waals surface area contributed by atoms with Crippen LogP contribution in [0.1, 0.15) is 12.8 Å². The third-order valence-electron chi connectivity index (χ3n) is 3.05. The average molecular weight is 369 g/mol. The second-order valence-corrected chi connectivity index (χ2v) is 7.85. The highest BCUT2D eigenvalue weighted by Gasteiger charge is 2.14. The SMILES string of the molecule is O=S(=O)(Cl)c1ccc(OCCN2CCCC2)c(Br)c1. The molecule has 1 aliphatic rings. The second kappa shape index (κ2) is 6.43. The maximum absolute atomic E-state index is 11.2. The molecule has 19 heavy (non-hydrogen) atoms. The molecule has 2 rings (SSSR count). The van der Waals surface area contributed by atoms with Crippen molar-refractivity contribution >= 4 is 35.7 Å². The van der Waals surface area contributed by atoms with Crippen molar-refractivity contribution in [2.45, 2.75) is 17.7 Å². The molecule has 0 N–H and O–H groups in total. The van der Waals surface area contributed by atoms with Crippen molar-refractivity contribution in [3.05, 3.63) is 22.7 Å². The van der Waals surface area contributed by atoms with E-state index in [1.807, 2.05) is 0 Å². The highest BCUT2D eigenvalue weighted by Crippen LogP contribution is 2.29. The van der Waals surface area contributed by atoms with E-state index in [1.54, 1.807) is 6.07 Å². The van der Waals surface area contributed by atoms with Crippen LogP contribution in [0, 0.1) is 0 Å². The van der Waals surface area contributed by atoms with Crippen LogP contribution in [0.3, 0.4) is 0 Å². The van der Waals surface area contributed by atoms with Gasteiger partial charge >= 0.3 is 0 Å². The molecule has 1 saturated heterocycles. The van der Waals surface area contributed by atoms with Crippen LogP contribution in [-0.2, 0) is 9.05 Å². The van der Waals surface area contributed by atoms with Crippen molar-refractivity contribution in [3.8, 4) is 5.75 Å². The summed E-state index contributed by atoms with van der Waals surface area (Å²) in [6, 6.07) is 4.51. The summed E-state index contributed by atoms with van der Waals surface area (Å²) in [4.78, 5) is 2.42. The Bertz CT molecular complexity index is 544. The fourth-order valence-electron chi connectivity index (χ4n) is 2.04. The number of likely N-dealkylation sites (tertiary alicyclic amines) is 1. The van der Waals surface area contributed by atoms with E-state index in [9.17, 15) is 8.42 Å². The molecule has 0 atom stereocenters. The highest BCUT2D eigenvalue weighted by molar-refractivity contribution is 9.10. The zero-order valence-corrected chi connectivity index (χ0v) is 13.5. The molecule has 0 aromatic heterocycles. The van der Waals surface area contributed by atoms with Gasteiger partial charge in [-0.05, 0) is 60.1 Å². The summed E-state index contributed by atoms with van der Waals surface area (Å²) in [6.45, 7) is 3.75. The number of nitrogens with zero attached hydrogens (tertiary/aromatic N) is 1. The molecule has 1 fully saturated rings. The monoisotopic (exact) mass is 367 g/mol. The summed E-state index contributed by atoms with van der Waals surface area (Å²) >= 11 is 3.29. The van der Waals surface area contributed by atoms with Gasteiger partial charge in [0.05, 0.1) is 9.37 Å². The smallest absolute Gasteiger partial charge is 0.261 e. The lowest BCUT2D eigenvalue weighted by atomic mass is 10.3. The third kappa shape index (κ3) is 4.34. The molecule has 0 radical (unpaired) electrons. The Kier molecular flexibility index (Phi) is 5.11. The van der Waals surface area contributed by atoms with Gasteiger partial charge in [-0.25, -0.2) is 8.42 Å². The lowest BCUT2D eigenvalue weighted by molar-refractivity contribution is 0.237. The van der Waals surface area contributed by atoms with Gasteiger partial charge in [-0.3, -0.25) is 4.90 Å². The van der Waals surface area contributed by atoms with Crippen LogP contribution in [0.2, 0.25) is 0 Å².